The van der Waals surface area contributed by atoms with Gasteiger partial charge in [0.25, 0.3) is 0 Å². The Kier molecular flexibility index (Phi) is 2.98. The summed E-state index contributed by atoms with van der Waals surface area (Å²) < 4.78 is 2.00. The van der Waals surface area contributed by atoms with E-state index in [0.717, 1.165) is 33.8 Å². The Balaban J connectivity index is 1.84. The quantitative estimate of drug-likeness (QED) is 0.781. The SMILES string of the molecule is Cc1nn2c3c(nc2s1)CCNC3c1cnc(N(C)C)s1. The molecule has 21 heavy (non-hydrogen) atoms. The highest BCUT2D eigenvalue weighted by Crippen LogP contribution is 2.35. The summed E-state index contributed by atoms with van der Waals surface area (Å²) in [5.74, 6) is 0. The number of aryl methyl sites for hydroxylation is 1. The maximum absolute atomic E-state index is 4.74. The Hall–Kier alpha value is -1.51. The highest BCUT2D eigenvalue weighted by Gasteiger charge is 2.29. The maximum atomic E-state index is 4.74. The van der Waals surface area contributed by atoms with Gasteiger partial charge in [-0.05, 0) is 6.92 Å². The largest absolute Gasteiger partial charge is 0.354 e. The van der Waals surface area contributed by atoms with Gasteiger partial charge in [0.2, 0.25) is 4.96 Å². The van der Waals surface area contributed by atoms with E-state index in [1.165, 1.54) is 10.6 Å². The Morgan fingerprint density at radius 3 is 3.00 bits per heavy atom. The van der Waals surface area contributed by atoms with Crippen LogP contribution in [0.1, 0.15) is 27.3 Å². The summed E-state index contributed by atoms with van der Waals surface area (Å²) in [6.45, 7) is 2.96. The number of imidazole rings is 1. The third-order valence-electron chi connectivity index (χ3n) is 3.58. The number of rotatable bonds is 2. The number of hydrogen-bond donors (Lipinski definition) is 1. The van der Waals surface area contributed by atoms with E-state index in [4.69, 9.17) is 4.98 Å². The minimum Gasteiger partial charge on any atom is -0.354 e. The molecule has 8 heteroatoms. The molecule has 3 aromatic heterocycles. The highest BCUT2D eigenvalue weighted by molar-refractivity contribution is 7.16. The van der Waals surface area contributed by atoms with Crippen LogP contribution in [-0.2, 0) is 6.42 Å². The first-order valence-electron chi connectivity index (χ1n) is 6.85. The van der Waals surface area contributed by atoms with Crippen LogP contribution in [0.25, 0.3) is 4.96 Å². The van der Waals surface area contributed by atoms with E-state index in [-0.39, 0.29) is 6.04 Å². The van der Waals surface area contributed by atoms with E-state index in [1.807, 2.05) is 36.6 Å². The molecule has 3 aromatic rings. The lowest BCUT2D eigenvalue weighted by molar-refractivity contribution is 0.545. The molecule has 1 N–H and O–H groups in total. The van der Waals surface area contributed by atoms with Crippen molar-refractivity contribution < 1.29 is 0 Å². The minimum absolute atomic E-state index is 0.136. The number of nitrogens with zero attached hydrogens (tertiary/aromatic N) is 5. The molecular formula is C13H16N6S2. The van der Waals surface area contributed by atoms with E-state index in [9.17, 15) is 0 Å². The van der Waals surface area contributed by atoms with Crippen molar-refractivity contribution in [1.29, 1.82) is 0 Å². The molecule has 4 heterocycles. The van der Waals surface area contributed by atoms with Crippen molar-refractivity contribution in [3.05, 3.63) is 27.5 Å². The highest BCUT2D eigenvalue weighted by atomic mass is 32.1. The molecule has 0 fully saturated rings. The fraction of sp³-hybridized carbons (Fsp3) is 0.462. The first-order valence-corrected chi connectivity index (χ1v) is 8.48. The summed E-state index contributed by atoms with van der Waals surface area (Å²) in [6, 6.07) is 0.136. The summed E-state index contributed by atoms with van der Waals surface area (Å²) in [5, 5.41) is 10.3. The van der Waals surface area contributed by atoms with Crippen LogP contribution in [0, 0.1) is 6.92 Å². The molecule has 1 atom stereocenters. The molecule has 6 nitrogen and oxygen atoms in total. The Morgan fingerprint density at radius 2 is 2.24 bits per heavy atom. The molecule has 1 unspecified atom stereocenters. The van der Waals surface area contributed by atoms with Crippen molar-refractivity contribution in [2.45, 2.75) is 19.4 Å². The van der Waals surface area contributed by atoms with Crippen LogP contribution in [0.5, 0.6) is 0 Å². The summed E-state index contributed by atoms with van der Waals surface area (Å²) in [5.41, 5.74) is 2.34. The lowest BCUT2D eigenvalue weighted by Gasteiger charge is -2.22. The molecule has 0 saturated heterocycles. The number of nitrogens with one attached hydrogen (secondary N) is 1. The zero-order valence-electron chi connectivity index (χ0n) is 12.1. The first kappa shape index (κ1) is 13.2. The average Bonchev–Trinajstić information content (AvgIpc) is 3.11. The number of aromatic nitrogens is 4. The van der Waals surface area contributed by atoms with Crippen LogP contribution < -0.4 is 10.2 Å². The van der Waals surface area contributed by atoms with Gasteiger partial charge in [0, 0.05) is 38.1 Å². The third-order valence-corrected chi connectivity index (χ3v) is 5.63. The van der Waals surface area contributed by atoms with Crippen molar-refractivity contribution in [3.8, 4) is 0 Å². The predicted octanol–water partition coefficient (Wildman–Crippen LogP) is 1.86. The lowest BCUT2D eigenvalue weighted by atomic mass is 10.0. The van der Waals surface area contributed by atoms with Crippen LogP contribution in [-0.4, -0.2) is 40.2 Å². The van der Waals surface area contributed by atoms with E-state index < -0.39 is 0 Å². The maximum Gasteiger partial charge on any atom is 0.212 e. The summed E-state index contributed by atoms with van der Waals surface area (Å²) >= 11 is 3.36. The second-order valence-corrected chi connectivity index (χ2v) is 7.54. The summed E-state index contributed by atoms with van der Waals surface area (Å²) in [7, 11) is 4.03. The van der Waals surface area contributed by atoms with Gasteiger partial charge in [0.15, 0.2) is 5.13 Å². The van der Waals surface area contributed by atoms with Gasteiger partial charge in [-0.25, -0.2) is 14.5 Å². The molecular weight excluding hydrogens is 304 g/mol. The van der Waals surface area contributed by atoms with Crippen molar-refractivity contribution in [3.63, 3.8) is 0 Å². The van der Waals surface area contributed by atoms with E-state index in [0.29, 0.717) is 0 Å². The minimum atomic E-state index is 0.136. The van der Waals surface area contributed by atoms with Gasteiger partial charge in [-0.1, -0.05) is 22.7 Å². The van der Waals surface area contributed by atoms with E-state index in [1.54, 1.807) is 22.7 Å². The van der Waals surface area contributed by atoms with Gasteiger partial charge in [-0.3, -0.25) is 0 Å². The standard InChI is InChI=1S/C13H16N6S2/c1-7-17-19-11-8(16-13(19)20-7)4-5-14-10(11)9-6-15-12(21-9)18(2)3/h6,10,14H,4-5H2,1-3H3. The molecule has 4 rings (SSSR count). The van der Waals surface area contributed by atoms with Crippen molar-refractivity contribution in [2.24, 2.45) is 0 Å². The van der Waals surface area contributed by atoms with Gasteiger partial charge in [-0.2, -0.15) is 5.10 Å². The lowest BCUT2D eigenvalue weighted by Crippen LogP contribution is -2.31. The van der Waals surface area contributed by atoms with Gasteiger partial charge in [0.05, 0.1) is 17.4 Å². The number of anilines is 1. The first-order chi connectivity index (χ1) is 10.1. The van der Waals surface area contributed by atoms with Gasteiger partial charge in [0.1, 0.15) is 5.01 Å². The molecule has 0 aliphatic carbocycles. The molecule has 1 aliphatic heterocycles. The fourth-order valence-corrected chi connectivity index (χ4v) is 4.34. The molecule has 0 radical (unpaired) electrons. The molecule has 1 aliphatic rings. The topological polar surface area (TPSA) is 58.4 Å². The Bertz CT molecular complexity index is 799. The normalized spacial score (nSPS) is 18.1. The van der Waals surface area contributed by atoms with Crippen LogP contribution in [0.2, 0.25) is 0 Å². The van der Waals surface area contributed by atoms with E-state index in [2.05, 4.69) is 15.4 Å². The van der Waals surface area contributed by atoms with Crippen LogP contribution in [0.15, 0.2) is 6.20 Å². The number of hydrogen-bond acceptors (Lipinski definition) is 7. The molecule has 110 valence electrons. The van der Waals surface area contributed by atoms with Crippen molar-refractivity contribution in [2.75, 3.05) is 25.5 Å². The molecule has 0 saturated carbocycles. The van der Waals surface area contributed by atoms with Crippen LogP contribution >= 0.6 is 22.7 Å². The predicted molar refractivity (Wildman–Crippen MR) is 85.6 cm³/mol. The molecule has 0 amide bonds. The Labute approximate surface area is 130 Å². The van der Waals surface area contributed by atoms with Crippen molar-refractivity contribution >= 4 is 32.8 Å². The number of thiazole rings is 1. The fourth-order valence-electron chi connectivity index (χ4n) is 2.66. The smallest absolute Gasteiger partial charge is 0.212 e. The second kappa shape index (κ2) is 4.75. The zero-order valence-corrected chi connectivity index (χ0v) is 13.8. The summed E-state index contributed by atoms with van der Waals surface area (Å²) in [4.78, 5) is 13.5. The number of fused-ring (bicyclic) bond motifs is 3. The average molecular weight is 320 g/mol. The van der Waals surface area contributed by atoms with E-state index >= 15 is 0 Å². The van der Waals surface area contributed by atoms with Gasteiger partial charge >= 0.3 is 0 Å². The Morgan fingerprint density at radius 1 is 1.38 bits per heavy atom. The summed E-state index contributed by atoms with van der Waals surface area (Å²) in [6.07, 6.45) is 2.92. The monoisotopic (exact) mass is 320 g/mol. The molecule has 0 bridgehead atoms. The third kappa shape index (κ3) is 2.05. The van der Waals surface area contributed by atoms with Crippen LogP contribution in [0.3, 0.4) is 0 Å². The van der Waals surface area contributed by atoms with Gasteiger partial charge < -0.3 is 10.2 Å². The van der Waals surface area contributed by atoms with Gasteiger partial charge in [-0.15, -0.1) is 0 Å². The second-order valence-electron chi connectivity index (χ2n) is 5.34. The molecule has 0 spiro atoms. The van der Waals surface area contributed by atoms with Crippen LogP contribution in [0.4, 0.5) is 5.13 Å². The molecule has 0 aromatic carbocycles. The van der Waals surface area contributed by atoms with Crippen molar-refractivity contribution in [1.82, 2.24) is 24.9 Å². The zero-order chi connectivity index (χ0) is 14.6.